The van der Waals surface area contributed by atoms with Gasteiger partial charge < -0.3 is 40.2 Å². The maximum absolute atomic E-state index is 14.7. The van der Waals surface area contributed by atoms with Crippen molar-refractivity contribution >= 4 is 23.9 Å². The predicted molar refractivity (Wildman–Crippen MR) is 291 cm³/mol. The van der Waals surface area contributed by atoms with Crippen molar-refractivity contribution in [1.29, 1.82) is 0 Å². The summed E-state index contributed by atoms with van der Waals surface area (Å²) in [5, 5.41) is 15.2. The van der Waals surface area contributed by atoms with E-state index in [0.717, 1.165) is 57.8 Å². The Morgan fingerprint density at radius 1 is 0.375 bits per heavy atom. The number of esters is 4. The van der Waals surface area contributed by atoms with E-state index in [0.29, 0.717) is 63.9 Å². The molecule has 4 fully saturated rings. The minimum Gasteiger partial charge on any atom is -0.465 e. The molecule has 0 radical (unpaired) electrons. The number of carbonyl (C=O) groups excluding carboxylic acids is 4. The van der Waals surface area contributed by atoms with Gasteiger partial charge in [-0.1, -0.05) is 93.9 Å². The van der Waals surface area contributed by atoms with Crippen LogP contribution in [0.1, 0.15) is 248 Å². The van der Waals surface area contributed by atoms with Gasteiger partial charge in [0.05, 0.1) is 30.3 Å². The van der Waals surface area contributed by atoms with Gasteiger partial charge in [-0.25, -0.2) is 0 Å². The van der Waals surface area contributed by atoms with Crippen molar-refractivity contribution in [2.24, 2.45) is 47.3 Å². The summed E-state index contributed by atoms with van der Waals surface area (Å²) < 4.78 is 25.5. The summed E-state index contributed by atoms with van der Waals surface area (Å²) in [5.41, 5.74) is -2.12. The zero-order chi connectivity index (χ0) is 54.5. The van der Waals surface area contributed by atoms with Gasteiger partial charge in [0, 0.05) is 44.3 Å². The molecular formula is C60H110N4O8. The van der Waals surface area contributed by atoms with E-state index in [9.17, 15) is 19.2 Å². The number of hydrogen-bond donors (Lipinski definition) is 4. The SMILES string of the molecule is CC(C)C1(C)CC(C(=O)OCCCCCCCCCCC(OC(=O)C2CC(C)(C)NC(C)(C(C)C)C2)C(OC(=O)C2CC(C)(C)NC(C)(C(C)C)C2)OC(=O)C2CC(C)(C)NC(C)(C(C)C)C2)CC(C)(C)N1. The first kappa shape index (κ1) is 62.3. The summed E-state index contributed by atoms with van der Waals surface area (Å²) in [5.74, 6) is -1.40. The van der Waals surface area contributed by atoms with Crippen molar-refractivity contribution in [1.82, 2.24) is 21.3 Å². The molecule has 0 bridgehead atoms. The lowest BCUT2D eigenvalue weighted by Gasteiger charge is -2.50. The van der Waals surface area contributed by atoms with Gasteiger partial charge in [-0.2, -0.15) is 0 Å². The average molecular weight is 1020 g/mol. The third-order valence-electron chi connectivity index (χ3n) is 18.3. The zero-order valence-electron chi connectivity index (χ0n) is 49.8. The molecule has 4 saturated heterocycles. The second-order valence-electron chi connectivity index (χ2n) is 28.7. The highest BCUT2D eigenvalue weighted by Crippen LogP contribution is 2.42. The van der Waals surface area contributed by atoms with Crippen molar-refractivity contribution < 1.29 is 38.1 Å². The molecule has 9 unspecified atom stereocenters. The first-order valence-corrected chi connectivity index (χ1v) is 28.9. The fourth-order valence-electron chi connectivity index (χ4n) is 13.4. The maximum atomic E-state index is 14.7. The summed E-state index contributed by atoms with van der Waals surface area (Å²) >= 11 is 0. The van der Waals surface area contributed by atoms with Gasteiger partial charge >= 0.3 is 23.9 Å². The molecule has 0 aromatic heterocycles. The number of unbranched alkanes of at least 4 members (excludes halogenated alkanes) is 7. The Kier molecular flexibility index (Phi) is 21.1. The van der Waals surface area contributed by atoms with Gasteiger partial charge in [-0.3, -0.25) is 19.2 Å². The van der Waals surface area contributed by atoms with E-state index < -0.39 is 42.1 Å². The Morgan fingerprint density at radius 3 is 0.944 bits per heavy atom. The van der Waals surface area contributed by atoms with Gasteiger partial charge in [0.1, 0.15) is 0 Å². The van der Waals surface area contributed by atoms with Gasteiger partial charge in [0.25, 0.3) is 6.29 Å². The van der Waals surface area contributed by atoms with Crippen LogP contribution in [0.25, 0.3) is 0 Å². The van der Waals surface area contributed by atoms with Crippen molar-refractivity contribution in [3.05, 3.63) is 0 Å². The Bertz CT molecular complexity index is 1750. The Balaban J connectivity index is 1.49. The second-order valence-corrected chi connectivity index (χ2v) is 28.7. The molecule has 0 saturated carbocycles. The minimum atomic E-state index is -1.39. The highest BCUT2D eigenvalue weighted by atomic mass is 16.7. The van der Waals surface area contributed by atoms with Crippen LogP contribution in [0.5, 0.6) is 0 Å². The highest BCUT2D eigenvalue weighted by Gasteiger charge is 2.51. The summed E-state index contributed by atoms with van der Waals surface area (Å²) in [6, 6.07) is 0. The van der Waals surface area contributed by atoms with Crippen LogP contribution in [0.3, 0.4) is 0 Å². The highest BCUT2D eigenvalue weighted by molar-refractivity contribution is 5.76. The van der Waals surface area contributed by atoms with E-state index in [1.807, 2.05) is 0 Å². The van der Waals surface area contributed by atoms with Gasteiger partial charge in [-0.15, -0.1) is 0 Å². The van der Waals surface area contributed by atoms with Crippen LogP contribution in [0.2, 0.25) is 0 Å². The Morgan fingerprint density at radius 2 is 0.639 bits per heavy atom. The molecule has 0 aromatic carbocycles. The zero-order valence-corrected chi connectivity index (χ0v) is 49.8. The third kappa shape index (κ3) is 17.4. The molecule has 0 amide bonds. The fourth-order valence-corrected chi connectivity index (χ4v) is 13.4. The standard InChI is InChI=1S/C60H110N4O8/c1-39(2)57(17)35-43(31-53(9,10)61-57)48(65)69-30-28-26-24-22-21-23-25-27-29-47(70-49(66)44-32-54(11,12)62-58(18,36-44)40(3)4)52(71-50(67)45-33-55(13,14)63-59(19,37-45)41(5)6)72-51(68)46-34-56(15,16)64-60(20,38-46)42(7)8/h39-47,52,61-64H,21-38H2,1-20H3. The smallest absolute Gasteiger partial charge is 0.312 e. The van der Waals surface area contributed by atoms with Gasteiger partial charge in [0.2, 0.25) is 0 Å². The molecule has 4 N–H and O–H groups in total. The molecule has 4 aliphatic heterocycles. The van der Waals surface area contributed by atoms with E-state index in [2.05, 4.69) is 160 Å². The predicted octanol–water partition coefficient (Wildman–Crippen LogP) is 12.1. The number of rotatable bonds is 23. The van der Waals surface area contributed by atoms with Crippen LogP contribution in [0, 0.1) is 47.3 Å². The Labute approximate surface area is 440 Å². The topological polar surface area (TPSA) is 153 Å². The van der Waals surface area contributed by atoms with Crippen LogP contribution in [0.4, 0.5) is 0 Å². The molecule has 4 heterocycles. The van der Waals surface area contributed by atoms with Crippen molar-refractivity contribution in [2.45, 2.75) is 304 Å². The van der Waals surface area contributed by atoms with Crippen LogP contribution in [-0.2, 0) is 38.1 Å². The summed E-state index contributed by atoms with van der Waals surface area (Å²) in [6.45, 7) is 43.9. The largest absolute Gasteiger partial charge is 0.465 e. The molecule has 0 aliphatic carbocycles. The van der Waals surface area contributed by atoms with E-state index in [1.165, 1.54) is 0 Å². The number of nitrogens with one attached hydrogen (secondary N) is 4. The molecular weight excluding hydrogens is 905 g/mol. The normalized spacial score (nSPS) is 33.1. The molecule has 418 valence electrons. The van der Waals surface area contributed by atoms with Crippen LogP contribution >= 0.6 is 0 Å². The lowest BCUT2D eigenvalue weighted by Crippen LogP contribution is -2.63. The molecule has 72 heavy (non-hydrogen) atoms. The van der Waals surface area contributed by atoms with Gasteiger partial charge in [0.15, 0.2) is 6.10 Å². The minimum absolute atomic E-state index is 0.0606. The van der Waals surface area contributed by atoms with Crippen molar-refractivity contribution in [3.8, 4) is 0 Å². The number of hydrogen-bond acceptors (Lipinski definition) is 12. The first-order chi connectivity index (χ1) is 32.9. The molecule has 12 nitrogen and oxygen atoms in total. The number of carbonyl (C=O) groups is 4. The van der Waals surface area contributed by atoms with Crippen molar-refractivity contribution in [2.75, 3.05) is 6.61 Å². The summed E-state index contributed by atoms with van der Waals surface area (Å²) in [7, 11) is 0. The monoisotopic (exact) mass is 1010 g/mol. The molecule has 12 heteroatoms. The Hall–Kier alpha value is -2.28. The maximum Gasteiger partial charge on any atom is 0.312 e. The van der Waals surface area contributed by atoms with Crippen LogP contribution < -0.4 is 21.3 Å². The quantitative estimate of drug-likeness (QED) is 0.0333. The van der Waals surface area contributed by atoms with Gasteiger partial charge in [-0.05, 0) is 177 Å². The van der Waals surface area contributed by atoms with Crippen LogP contribution in [-0.4, -0.2) is 87.2 Å². The average Bonchev–Trinajstić information content (AvgIpc) is 3.21. The second kappa shape index (κ2) is 24.4. The molecule has 9 atom stereocenters. The summed E-state index contributed by atoms with van der Waals surface area (Å²) in [4.78, 5) is 57.2. The summed E-state index contributed by atoms with van der Waals surface area (Å²) in [6.07, 6.45) is 10.7. The third-order valence-corrected chi connectivity index (χ3v) is 18.3. The first-order valence-electron chi connectivity index (χ1n) is 28.9. The molecule has 4 aliphatic rings. The molecule has 0 spiro atoms. The number of piperidine rings is 4. The molecule has 0 aromatic rings. The van der Waals surface area contributed by atoms with E-state index in [4.69, 9.17) is 18.9 Å². The van der Waals surface area contributed by atoms with E-state index in [1.54, 1.807) is 0 Å². The van der Waals surface area contributed by atoms with Crippen molar-refractivity contribution in [3.63, 3.8) is 0 Å². The van der Waals surface area contributed by atoms with E-state index >= 15 is 0 Å². The van der Waals surface area contributed by atoms with Crippen LogP contribution in [0.15, 0.2) is 0 Å². The molecule has 4 rings (SSSR count). The van der Waals surface area contributed by atoms with E-state index in [-0.39, 0.29) is 79.9 Å². The lowest BCUT2D eigenvalue weighted by atomic mass is 9.70. The lowest BCUT2D eigenvalue weighted by molar-refractivity contribution is -0.224. The number of ether oxygens (including phenoxy) is 4. The fraction of sp³-hybridized carbons (Fsp3) is 0.933.